The number of hydrogen-bond acceptors (Lipinski definition) is 3. The second-order valence-electron chi connectivity index (χ2n) is 4.92. The van der Waals surface area contributed by atoms with E-state index in [1.807, 2.05) is 31.2 Å². The first-order valence-electron chi connectivity index (χ1n) is 6.78. The van der Waals surface area contributed by atoms with Gasteiger partial charge in [0.15, 0.2) is 0 Å². The molecule has 0 saturated heterocycles. The maximum absolute atomic E-state index is 12.3. The molecule has 108 valence electrons. The minimum Gasteiger partial charge on any atom is -0.492 e. The molecule has 0 N–H and O–H groups in total. The SMILES string of the molecule is CCOc1ccc(-c2ccnc3c2C(=O)N(C)C3)cc1Cl. The van der Waals surface area contributed by atoms with Gasteiger partial charge < -0.3 is 9.64 Å². The second kappa shape index (κ2) is 5.37. The zero-order valence-electron chi connectivity index (χ0n) is 11.9. The summed E-state index contributed by atoms with van der Waals surface area (Å²) in [5.41, 5.74) is 3.23. The Labute approximate surface area is 128 Å². The van der Waals surface area contributed by atoms with E-state index in [2.05, 4.69) is 4.98 Å². The lowest BCUT2D eigenvalue weighted by Gasteiger charge is -2.10. The van der Waals surface area contributed by atoms with Gasteiger partial charge in [0.05, 0.1) is 29.4 Å². The van der Waals surface area contributed by atoms with E-state index in [9.17, 15) is 4.79 Å². The highest BCUT2D eigenvalue weighted by Crippen LogP contribution is 2.34. The maximum Gasteiger partial charge on any atom is 0.256 e. The number of fused-ring (bicyclic) bond motifs is 1. The third kappa shape index (κ3) is 2.36. The van der Waals surface area contributed by atoms with E-state index in [0.29, 0.717) is 29.5 Å². The lowest BCUT2D eigenvalue weighted by atomic mass is 10.00. The summed E-state index contributed by atoms with van der Waals surface area (Å²) in [6.45, 7) is 3.02. The van der Waals surface area contributed by atoms with Crippen molar-refractivity contribution in [3.05, 3.63) is 46.7 Å². The molecule has 0 aliphatic carbocycles. The molecule has 1 aliphatic heterocycles. The summed E-state index contributed by atoms with van der Waals surface area (Å²) in [5, 5.41) is 0.540. The van der Waals surface area contributed by atoms with Crippen LogP contribution in [0.4, 0.5) is 0 Å². The van der Waals surface area contributed by atoms with Crippen molar-refractivity contribution in [1.82, 2.24) is 9.88 Å². The van der Waals surface area contributed by atoms with E-state index in [1.54, 1.807) is 18.1 Å². The maximum atomic E-state index is 12.3. The molecule has 2 aromatic rings. The molecule has 0 spiro atoms. The van der Waals surface area contributed by atoms with Gasteiger partial charge in [-0.15, -0.1) is 0 Å². The van der Waals surface area contributed by atoms with Crippen LogP contribution in [0.25, 0.3) is 11.1 Å². The first-order valence-corrected chi connectivity index (χ1v) is 7.15. The zero-order valence-corrected chi connectivity index (χ0v) is 12.6. The normalized spacial score (nSPS) is 13.5. The van der Waals surface area contributed by atoms with Gasteiger partial charge in [-0.3, -0.25) is 9.78 Å². The number of amides is 1. The highest BCUT2D eigenvalue weighted by Gasteiger charge is 2.28. The molecule has 0 fully saturated rings. The number of nitrogens with zero attached hydrogens (tertiary/aromatic N) is 2. The first kappa shape index (κ1) is 13.9. The summed E-state index contributed by atoms with van der Waals surface area (Å²) in [7, 11) is 1.78. The number of carbonyl (C=O) groups is 1. The molecule has 1 aromatic heterocycles. The van der Waals surface area contributed by atoms with Crippen molar-refractivity contribution in [2.24, 2.45) is 0 Å². The predicted octanol–water partition coefficient (Wildman–Crippen LogP) is 3.39. The number of hydrogen-bond donors (Lipinski definition) is 0. The van der Waals surface area contributed by atoms with E-state index in [4.69, 9.17) is 16.3 Å². The Balaban J connectivity index is 2.09. The van der Waals surface area contributed by atoms with Crippen molar-refractivity contribution in [1.29, 1.82) is 0 Å². The van der Waals surface area contributed by atoms with Gasteiger partial charge >= 0.3 is 0 Å². The van der Waals surface area contributed by atoms with Crippen molar-refractivity contribution < 1.29 is 9.53 Å². The van der Waals surface area contributed by atoms with Crippen molar-refractivity contribution in [3.8, 4) is 16.9 Å². The molecular formula is C16H15ClN2O2. The van der Waals surface area contributed by atoms with Gasteiger partial charge in [-0.25, -0.2) is 0 Å². The van der Waals surface area contributed by atoms with Crippen LogP contribution in [0.3, 0.4) is 0 Å². The Hall–Kier alpha value is -2.07. The molecular weight excluding hydrogens is 288 g/mol. The largest absolute Gasteiger partial charge is 0.492 e. The molecule has 1 amide bonds. The van der Waals surface area contributed by atoms with E-state index >= 15 is 0 Å². The number of rotatable bonds is 3. The Bertz CT molecular complexity index is 715. The predicted molar refractivity (Wildman–Crippen MR) is 81.6 cm³/mol. The lowest BCUT2D eigenvalue weighted by molar-refractivity contribution is 0.0817. The smallest absolute Gasteiger partial charge is 0.256 e. The van der Waals surface area contributed by atoms with Crippen molar-refractivity contribution >= 4 is 17.5 Å². The topological polar surface area (TPSA) is 42.4 Å². The van der Waals surface area contributed by atoms with Crippen molar-refractivity contribution in [2.75, 3.05) is 13.7 Å². The van der Waals surface area contributed by atoms with Crippen LogP contribution in [0.2, 0.25) is 5.02 Å². The molecule has 0 bridgehead atoms. The molecule has 1 aliphatic rings. The summed E-state index contributed by atoms with van der Waals surface area (Å²) in [6, 6.07) is 7.42. The molecule has 3 rings (SSSR count). The molecule has 0 unspecified atom stereocenters. The average molecular weight is 303 g/mol. The van der Waals surface area contributed by atoms with Crippen LogP contribution < -0.4 is 4.74 Å². The van der Waals surface area contributed by atoms with E-state index in [0.717, 1.165) is 16.8 Å². The van der Waals surface area contributed by atoms with Crippen LogP contribution in [0.15, 0.2) is 30.5 Å². The Morgan fingerprint density at radius 3 is 2.90 bits per heavy atom. The highest BCUT2D eigenvalue weighted by molar-refractivity contribution is 6.32. The van der Waals surface area contributed by atoms with Gasteiger partial charge in [-0.2, -0.15) is 0 Å². The number of ether oxygens (including phenoxy) is 1. The average Bonchev–Trinajstić information content (AvgIpc) is 2.77. The molecule has 0 atom stereocenters. The number of pyridine rings is 1. The molecule has 21 heavy (non-hydrogen) atoms. The highest BCUT2D eigenvalue weighted by atomic mass is 35.5. The number of aromatic nitrogens is 1. The van der Waals surface area contributed by atoms with Crippen LogP contribution in [0.1, 0.15) is 23.0 Å². The van der Waals surface area contributed by atoms with Gasteiger partial charge in [-0.1, -0.05) is 17.7 Å². The monoisotopic (exact) mass is 302 g/mol. The second-order valence-corrected chi connectivity index (χ2v) is 5.33. The summed E-state index contributed by atoms with van der Waals surface area (Å²) >= 11 is 6.24. The fourth-order valence-electron chi connectivity index (χ4n) is 2.53. The Morgan fingerprint density at radius 2 is 2.19 bits per heavy atom. The van der Waals surface area contributed by atoms with Crippen LogP contribution in [-0.2, 0) is 6.54 Å². The fraction of sp³-hybridized carbons (Fsp3) is 0.250. The lowest BCUT2D eigenvalue weighted by Crippen LogP contribution is -2.17. The van der Waals surface area contributed by atoms with E-state index < -0.39 is 0 Å². The van der Waals surface area contributed by atoms with Crippen LogP contribution in [0.5, 0.6) is 5.75 Å². The van der Waals surface area contributed by atoms with Gasteiger partial charge in [0.2, 0.25) is 0 Å². The number of halogens is 1. The Kier molecular flexibility index (Phi) is 3.55. The van der Waals surface area contributed by atoms with Crippen molar-refractivity contribution in [2.45, 2.75) is 13.5 Å². The molecule has 5 heteroatoms. The summed E-state index contributed by atoms with van der Waals surface area (Å²) in [5.74, 6) is 0.648. The number of benzene rings is 1. The molecule has 2 heterocycles. The van der Waals surface area contributed by atoms with E-state index in [-0.39, 0.29) is 5.91 Å². The fourth-order valence-corrected chi connectivity index (χ4v) is 2.77. The van der Waals surface area contributed by atoms with Gasteiger partial charge in [0.1, 0.15) is 5.75 Å². The van der Waals surface area contributed by atoms with Gasteiger partial charge in [0.25, 0.3) is 5.91 Å². The molecule has 0 saturated carbocycles. The van der Waals surface area contributed by atoms with Gasteiger partial charge in [-0.05, 0) is 36.2 Å². The molecule has 1 aromatic carbocycles. The minimum absolute atomic E-state index is 0.00175. The van der Waals surface area contributed by atoms with Crippen LogP contribution >= 0.6 is 11.6 Å². The molecule has 0 radical (unpaired) electrons. The minimum atomic E-state index is -0.00175. The zero-order chi connectivity index (χ0) is 15.0. The summed E-state index contributed by atoms with van der Waals surface area (Å²) < 4.78 is 5.44. The number of carbonyl (C=O) groups excluding carboxylic acids is 1. The quantitative estimate of drug-likeness (QED) is 0.873. The summed E-state index contributed by atoms with van der Waals surface area (Å²) in [6.07, 6.45) is 1.73. The molecule has 4 nitrogen and oxygen atoms in total. The van der Waals surface area contributed by atoms with E-state index in [1.165, 1.54) is 0 Å². The first-order chi connectivity index (χ1) is 10.1. The van der Waals surface area contributed by atoms with Gasteiger partial charge in [0, 0.05) is 13.2 Å². The summed E-state index contributed by atoms with van der Waals surface area (Å²) in [4.78, 5) is 18.2. The third-order valence-corrected chi connectivity index (χ3v) is 3.82. The third-order valence-electron chi connectivity index (χ3n) is 3.52. The van der Waals surface area contributed by atoms with Crippen LogP contribution in [-0.4, -0.2) is 29.4 Å². The Morgan fingerprint density at radius 1 is 1.38 bits per heavy atom. The van der Waals surface area contributed by atoms with Crippen LogP contribution in [0, 0.1) is 0 Å². The standard InChI is InChI=1S/C16H15ClN2O2/c1-3-21-14-5-4-10(8-12(14)17)11-6-7-18-13-9-19(2)16(20)15(11)13/h4-8H,3,9H2,1-2H3. The van der Waals surface area contributed by atoms with Crippen molar-refractivity contribution in [3.63, 3.8) is 0 Å².